The first-order valence-corrected chi connectivity index (χ1v) is 6.02. The third-order valence-electron chi connectivity index (χ3n) is 2.24. The van der Waals surface area contributed by atoms with Crippen molar-refractivity contribution >= 4 is 12.0 Å². The molecule has 0 saturated carbocycles. The predicted octanol–water partition coefficient (Wildman–Crippen LogP) is 2.30. The zero-order valence-electron chi connectivity index (χ0n) is 11.9. The highest BCUT2D eigenvalue weighted by Crippen LogP contribution is 2.24. The van der Waals surface area contributed by atoms with Crippen LogP contribution in [0.15, 0.2) is 12.4 Å². The molecule has 0 aromatic carbocycles. The van der Waals surface area contributed by atoms with Crippen LogP contribution in [0.3, 0.4) is 0 Å². The van der Waals surface area contributed by atoms with Gasteiger partial charge >= 0.3 is 11.9 Å². The smallest absolute Gasteiger partial charge is 0.341 e. The van der Waals surface area contributed by atoms with Crippen LogP contribution in [0.25, 0.3) is 6.08 Å². The molecular weight excluding hydrogens is 268 g/mol. The molecule has 0 atom stereocenters. The largest absolute Gasteiger partial charge is 0.462 e. The molecule has 1 heterocycles. The second-order valence-corrected chi connectivity index (χ2v) is 4.38. The number of esters is 1. The number of carbonyl (C=O) groups is 1. The van der Waals surface area contributed by atoms with E-state index >= 15 is 0 Å². The highest BCUT2D eigenvalue weighted by molar-refractivity contribution is 5.92. The summed E-state index contributed by atoms with van der Waals surface area (Å²) in [7, 11) is 3.52. The molecule has 0 fully saturated rings. The van der Waals surface area contributed by atoms with Crippen molar-refractivity contribution in [1.29, 1.82) is 0 Å². The lowest BCUT2D eigenvalue weighted by molar-refractivity contribution is 0.00739. The van der Waals surface area contributed by atoms with Crippen LogP contribution in [0.5, 0.6) is 0 Å². The standard InChI is InChI=1S/C13H17F2N3O2/c1-5-20-11(19)9-8-16-12(13(2,14)15)17-10(9)6-7-18(3)4/h6-8H,5H2,1-4H3. The van der Waals surface area contributed by atoms with E-state index in [4.69, 9.17) is 4.74 Å². The van der Waals surface area contributed by atoms with Crippen LogP contribution >= 0.6 is 0 Å². The number of alkyl halides is 2. The zero-order valence-corrected chi connectivity index (χ0v) is 11.9. The first-order chi connectivity index (χ1) is 9.25. The van der Waals surface area contributed by atoms with Gasteiger partial charge in [-0.25, -0.2) is 14.8 Å². The van der Waals surface area contributed by atoms with Crippen molar-refractivity contribution in [2.24, 2.45) is 0 Å². The maximum absolute atomic E-state index is 13.2. The Morgan fingerprint density at radius 2 is 2.15 bits per heavy atom. The molecule has 0 radical (unpaired) electrons. The van der Waals surface area contributed by atoms with E-state index in [-0.39, 0.29) is 17.9 Å². The van der Waals surface area contributed by atoms with Gasteiger partial charge in [0, 0.05) is 33.4 Å². The van der Waals surface area contributed by atoms with Crippen molar-refractivity contribution in [3.05, 3.63) is 29.5 Å². The minimum absolute atomic E-state index is 0.0537. The highest BCUT2D eigenvalue weighted by atomic mass is 19.3. The van der Waals surface area contributed by atoms with Crippen molar-refractivity contribution in [2.75, 3.05) is 20.7 Å². The van der Waals surface area contributed by atoms with Gasteiger partial charge in [-0.15, -0.1) is 0 Å². The summed E-state index contributed by atoms with van der Waals surface area (Å²) in [4.78, 5) is 20.7. The van der Waals surface area contributed by atoms with E-state index < -0.39 is 17.7 Å². The van der Waals surface area contributed by atoms with E-state index in [1.807, 2.05) is 0 Å². The van der Waals surface area contributed by atoms with Crippen molar-refractivity contribution in [1.82, 2.24) is 14.9 Å². The van der Waals surface area contributed by atoms with Gasteiger partial charge in [0.05, 0.1) is 12.3 Å². The number of nitrogens with zero attached hydrogens (tertiary/aromatic N) is 3. The summed E-state index contributed by atoms with van der Waals surface area (Å²) >= 11 is 0. The monoisotopic (exact) mass is 285 g/mol. The zero-order chi connectivity index (χ0) is 15.3. The van der Waals surface area contributed by atoms with Gasteiger partial charge in [-0.3, -0.25) is 0 Å². The van der Waals surface area contributed by atoms with Crippen LogP contribution in [0, 0.1) is 0 Å². The Labute approximate surface area is 116 Å². The quantitative estimate of drug-likeness (QED) is 0.777. The second-order valence-electron chi connectivity index (χ2n) is 4.38. The summed E-state index contributed by atoms with van der Waals surface area (Å²) < 4.78 is 31.3. The molecule has 7 heteroatoms. The molecule has 1 rings (SSSR count). The van der Waals surface area contributed by atoms with E-state index in [1.54, 1.807) is 32.1 Å². The number of hydrogen-bond acceptors (Lipinski definition) is 5. The van der Waals surface area contributed by atoms with Gasteiger partial charge in [-0.2, -0.15) is 8.78 Å². The summed E-state index contributed by atoms with van der Waals surface area (Å²) in [5.41, 5.74) is 0.154. The van der Waals surface area contributed by atoms with Gasteiger partial charge in [0.25, 0.3) is 0 Å². The van der Waals surface area contributed by atoms with Gasteiger partial charge in [0.15, 0.2) is 5.82 Å². The molecule has 0 saturated heterocycles. The van der Waals surface area contributed by atoms with Crippen LogP contribution in [-0.2, 0) is 10.7 Å². The Bertz CT molecular complexity index is 511. The minimum Gasteiger partial charge on any atom is -0.462 e. The maximum Gasteiger partial charge on any atom is 0.341 e. The molecule has 1 aromatic rings. The summed E-state index contributed by atoms with van der Waals surface area (Å²) in [6.45, 7) is 2.54. The van der Waals surface area contributed by atoms with E-state index in [0.29, 0.717) is 6.92 Å². The molecule has 0 aliphatic carbocycles. The average Bonchev–Trinajstić information content (AvgIpc) is 2.35. The van der Waals surface area contributed by atoms with Crippen molar-refractivity contribution < 1.29 is 18.3 Å². The molecule has 0 amide bonds. The molecular formula is C13H17F2N3O2. The molecule has 0 spiro atoms. The molecule has 0 N–H and O–H groups in total. The minimum atomic E-state index is -3.17. The van der Waals surface area contributed by atoms with Crippen molar-refractivity contribution in [3.63, 3.8) is 0 Å². The van der Waals surface area contributed by atoms with Crippen LogP contribution < -0.4 is 0 Å². The Balaban J connectivity index is 3.27. The Kier molecular flexibility index (Phi) is 5.12. The predicted molar refractivity (Wildman–Crippen MR) is 70.3 cm³/mol. The topological polar surface area (TPSA) is 55.3 Å². The number of ether oxygens (including phenoxy) is 1. The molecule has 1 aromatic heterocycles. The van der Waals surface area contributed by atoms with Gasteiger partial charge in [-0.1, -0.05) is 0 Å². The Morgan fingerprint density at radius 1 is 1.50 bits per heavy atom. The third kappa shape index (κ3) is 4.25. The fourth-order valence-corrected chi connectivity index (χ4v) is 1.32. The van der Waals surface area contributed by atoms with Crippen molar-refractivity contribution in [2.45, 2.75) is 19.8 Å². The van der Waals surface area contributed by atoms with E-state index in [1.165, 1.54) is 6.08 Å². The Morgan fingerprint density at radius 3 is 2.65 bits per heavy atom. The van der Waals surface area contributed by atoms with Crippen LogP contribution in [-0.4, -0.2) is 41.5 Å². The number of rotatable bonds is 5. The van der Waals surface area contributed by atoms with Crippen LogP contribution in [0.1, 0.15) is 35.7 Å². The highest BCUT2D eigenvalue weighted by Gasteiger charge is 2.29. The van der Waals surface area contributed by atoms with Gasteiger partial charge in [0.1, 0.15) is 5.56 Å². The van der Waals surface area contributed by atoms with Crippen LogP contribution in [0.4, 0.5) is 8.78 Å². The van der Waals surface area contributed by atoms with Gasteiger partial charge in [-0.05, 0) is 13.0 Å². The molecule has 20 heavy (non-hydrogen) atoms. The second kappa shape index (κ2) is 6.40. The first-order valence-electron chi connectivity index (χ1n) is 6.02. The van der Waals surface area contributed by atoms with E-state index in [9.17, 15) is 13.6 Å². The van der Waals surface area contributed by atoms with E-state index in [0.717, 1.165) is 6.20 Å². The molecule has 0 bridgehead atoms. The number of carbonyl (C=O) groups excluding carboxylic acids is 1. The lowest BCUT2D eigenvalue weighted by Crippen LogP contribution is -2.17. The molecule has 0 aliphatic rings. The summed E-state index contributed by atoms with van der Waals surface area (Å²) in [5, 5.41) is 0. The summed E-state index contributed by atoms with van der Waals surface area (Å²) in [5.74, 6) is -4.45. The van der Waals surface area contributed by atoms with Gasteiger partial charge in [0.2, 0.25) is 0 Å². The van der Waals surface area contributed by atoms with Crippen LogP contribution in [0.2, 0.25) is 0 Å². The number of aromatic nitrogens is 2. The lowest BCUT2D eigenvalue weighted by atomic mass is 10.2. The number of hydrogen-bond donors (Lipinski definition) is 0. The fourth-order valence-electron chi connectivity index (χ4n) is 1.32. The molecule has 5 nitrogen and oxygen atoms in total. The van der Waals surface area contributed by atoms with E-state index in [2.05, 4.69) is 9.97 Å². The summed E-state index contributed by atoms with van der Waals surface area (Å²) in [6.07, 6.45) is 4.12. The average molecular weight is 285 g/mol. The molecule has 110 valence electrons. The van der Waals surface area contributed by atoms with Gasteiger partial charge < -0.3 is 9.64 Å². The first kappa shape index (κ1) is 16.0. The molecule has 0 aliphatic heterocycles. The number of halogens is 2. The lowest BCUT2D eigenvalue weighted by Gasteiger charge is -2.11. The fraction of sp³-hybridized carbons (Fsp3) is 0.462. The normalized spacial score (nSPS) is 11.7. The third-order valence-corrected chi connectivity index (χ3v) is 2.24. The summed E-state index contributed by atoms with van der Waals surface area (Å²) in [6, 6.07) is 0. The van der Waals surface area contributed by atoms with Crippen molar-refractivity contribution in [3.8, 4) is 0 Å². The SMILES string of the molecule is CCOC(=O)c1cnc(C(C)(F)F)nc1C=CN(C)C. The molecule has 0 unspecified atom stereocenters. The maximum atomic E-state index is 13.2. The Hall–Kier alpha value is -2.05.